The average molecular weight is 351 g/mol. The summed E-state index contributed by atoms with van der Waals surface area (Å²) in [5.41, 5.74) is 1.25. The van der Waals surface area contributed by atoms with E-state index in [0.717, 1.165) is 15.8 Å². The van der Waals surface area contributed by atoms with E-state index in [0.29, 0.717) is 6.54 Å². The van der Waals surface area contributed by atoms with Gasteiger partial charge in [-0.15, -0.1) is 0 Å². The minimum Gasteiger partial charge on any atom is -0.476 e. The number of nitrogens with one attached hydrogen (secondary N) is 1. The van der Waals surface area contributed by atoms with Crippen LogP contribution in [0.5, 0.6) is 0 Å². The molecule has 1 heterocycles. The van der Waals surface area contributed by atoms with E-state index in [9.17, 15) is 19.5 Å². The normalized spacial score (nSPS) is 10.7. The van der Waals surface area contributed by atoms with Gasteiger partial charge in [0.05, 0.1) is 5.39 Å². The molecule has 1 aromatic heterocycles. The predicted octanol–water partition coefficient (Wildman–Crippen LogP) is 1.72. The van der Waals surface area contributed by atoms with Crippen LogP contribution in [0.15, 0.2) is 53.3 Å². The molecule has 3 rings (SSSR count). The third-order valence-corrected chi connectivity index (χ3v) is 4.10. The molecule has 0 saturated heterocycles. The van der Waals surface area contributed by atoms with Gasteiger partial charge >= 0.3 is 5.97 Å². The second kappa shape index (κ2) is 7.18. The minimum absolute atomic E-state index is 0.214. The van der Waals surface area contributed by atoms with Crippen molar-refractivity contribution in [1.29, 1.82) is 0 Å². The molecular weight excluding hydrogens is 334 g/mol. The van der Waals surface area contributed by atoms with Gasteiger partial charge in [0.25, 0.3) is 5.56 Å². The molecule has 2 N–H and O–H groups in total. The van der Waals surface area contributed by atoms with Crippen LogP contribution in [0, 0.1) is 6.92 Å². The fourth-order valence-corrected chi connectivity index (χ4v) is 2.69. The number of aromatic carboxylic acids is 1. The lowest BCUT2D eigenvalue weighted by Crippen LogP contribution is -2.34. The summed E-state index contributed by atoms with van der Waals surface area (Å²) < 4.78 is 0.888. The van der Waals surface area contributed by atoms with Gasteiger partial charge in [0.1, 0.15) is 6.54 Å². The standard InChI is InChI=1S/C19H17N3O4/c1-12-6-2-3-7-13(12)10-20-16(23)11-22-18(24)15-9-5-4-8-14(15)17(21-22)19(25)26/h2-9H,10-11H2,1H3,(H,20,23)(H,25,26). The van der Waals surface area contributed by atoms with Crippen molar-refractivity contribution in [3.05, 3.63) is 75.7 Å². The third kappa shape index (κ3) is 3.46. The molecule has 0 unspecified atom stereocenters. The van der Waals surface area contributed by atoms with Crippen molar-refractivity contribution in [3.63, 3.8) is 0 Å². The fourth-order valence-electron chi connectivity index (χ4n) is 2.69. The molecule has 2 aromatic carbocycles. The number of aryl methyl sites for hydroxylation is 1. The van der Waals surface area contributed by atoms with Crippen LogP contribution in [0.1, 0.15) is 21.6 Å². The van der Waals surface area contributed by atoms with E-state index < -0.39 is 17.4 Å². The highest BCUT2D eigenvalue weighted by atomic mass is 16.4. The molecule has 3 aromatic rings. The number of carbonyl (C=O) groups is 2. The summed E-state index contributed by atoms with van der Waals surface area (Å²) >= 11 is 0. The zero-order valence-corrected chi connectivity index (χ0v) is 14.1. The number of nitrogens with zero attached hydrogens (tertiary/aromatic N) is 2. The Balaban J connectivity index is 1.85. The molecule has 0 fully saturated rings. The van der Waals surface area contributed by atoms with E-state index in [1.54, 1.807) is 12.1 Å². The summed E-state index contributed by atoms with van der Waals surface area (Å²) in [4.78, 5) is 36.1. The van der Waals surface area contributed by atoms with Crippen LogP contribution in [0.25, 0.3) is 10.8 Å². The maximum absolute atomic E-state index is 12.5. The second-order valence-electron chi connectivity index (χ2n) is 5.87. The first kappa shape index (κ1) is 17.3. The minimum atomic E-state index is -1.25. The summed E-state index contributed by atoms with van der Waals surface area (Å²) in [6.45, 7) is 1.91. The highest BCUT2D eigenvalue weighted by molar-refractivity contribution is 6.01. The van der Waals surface area contributed by atoms with E-state index in [2.05, 4.69) is 10.4 Å². The number of aromatic nitrogens is 2. The maximum Gasteiger partial charge on any atom is 0.357 e. The monoisotopic (exact) mass is 351 g/mol. The molecule has 0 aliphatic carbocycles. The Morgan fingerprint density at radius 2 is 1.73 bits per heavy atom. The number of fused-ring (bicyclic) bond motifs is 1. The van der Waals surface area contributed by atoms with Crippen molar-refractivity contribution in [2.45, 2.75) is 20.0 Å². The van der Waals surface area contributed by atoms with E-state index in [-0.39, 0.29) is 23.0 Å². The van der Waals surface area contributed by atoms with E-state index >= 15 is 0 Å². The molecule has 0 aliphatic rings. The van der Waals surface area contributed by atoms with Gasteiger partial charge < -0.3 is 10.4 Å². The molecule has 0 atom stereocenters. The first-order chi connectivity index (χ1) is 12.5. The molecule has 0 radical (unpaired) electrons. The number of hydrogen-bond acceptors (Lipinski definition) is 4. The molecule has 0 saturated carbocycles. The van der Waals surface area contributed by atoms with Crippen molar-refractivity contribution in [1.82, 2.24) is 15.1 Å². The first-order valence-electron chi connectivity index (χ1n) is 8.01. The highest BCUT2D eigenvalue weighted by Gasteiger charge is 2.17. The molecule has 0 spiro atoms. The van der Waals surface area contributed by atoms with Gasteiger partial charge in [-0.05, 0) is 24.1 Å². The van der Waals surface area contributed by atoms with E-state index in [4.69, 9.17) is 0 Å². The largest absolute Gasteiger partial charge is 0.476 e. The zero-order chi connectivity index (χ0) is 18.7. The topological polar surface area (TPSA) is 101 Å². The number of hydrogen-bond donors (Lipinski definition) is 2. The molecule has 1 amide bonds. The van der Waals surface area contributed by atoms with Gasteiger partial charge in [-0.1, -0.05) is 42.5 Å². The van der Waals surface area contributed by atoms with Crippen molar-refractivity contribution in [2.24, 2.45) is 0 Å². The van der Waals surface area contributed by atoms with Crippen LogP contribution in [0.4, 0.5) is 0 Å². The lowest BCUT2D eigenvalue weighted by atomic mass is 10.1. The zero-order valence-electron chi connectivity index (χ0n) is 14.1. The van der Waals surface area contributed by atoms with Crippen molar-refractivity contribution >= 4 is 22.6 Å². The molecule has 26 heavy (non-hydrogen) atoms. The first-order valence-corrected chi connectivity index (χ1v) is 8.01. The van der Waals surface area contributed by atoms with Crippen LogP contribution in [-0.4, -0.2) is 26.8 Å². The van der Waals surface area contributed by atoms with Crippen molar-refractivity contribution < 1.29 is 14.7 Å². The summed E-state index contributed by atoms with van der Waals surface area (Å²) in [6.07, 6.45) is 0. The summed E-state index contributed by atoms with van der Waals surface area (Å²) in [5, 5.41) is 16.4. The SMILES string of the molecule is Cc1ccccc1CNC(=O)Cn1nc(C(=O)O)c2ccccc2c1=O. The Morgan fingerprint density at radius 3 is 2.42 bits per heavy atom. The van der Waals surface area contributed by atoms with Gasteiger partial charge in [-0.25, -0.2) is 9.48 Å². The number of carboxylic acid groups (broad SMARTS) is 1. The Morgan fingerprint density at radius 1 is 1.08 bits per heavy atom. The molecule has 7 nitrogen and oxygen atoms in total. The van der Waals surface area contributed by atoms with Crippen LogP contribution >= 0.6 is 0 Å². The smallest absolute Gasteiger partial charge is 0.357 e. The maximum atomic E-state index is 12.5. The summed E-state index contributed by atoms with van der Waals surface area (Å²) in [5.74, 6) is -1.68. The molecular formula is C19H17N3O4. The fraction of sp³-hybridized carbons (Fsp3) is 0.158. The van der Waals surface area contributed by atoms with E-state index in [1.807, 2.05) is 31.2 Å². The quantitative estimate of drug-likeness (QED) is 0.729. The van der Waals surface area contributed by atoms with Gasteiger partial charge in [0, 0.05) is 11.9 Å². The van der Waals surface area contributed by atoms with Gasteiger partial charge in [0.2, 0.25) is 5.91 Å². The third-order valence-electron chi connectivity index (χ3n) is 4.10. The Kier molecular flexibility index (Phi) is 4.79. The Hall–Kier alpha value is -3.48. The van der Waals surface area contributed by atoms with Crippen LogP contribution < -0.4 is 10.9 Å². The summed E-state index contributed by atoms with van der Waals surface area (Å²) in [6, 6.07) is 13.9. The molecule has 132 valence electrons. The van der Waals surface area contributed by atoms with Crippen LogP contribution in [0.2, 0.25) is 0 Å². The Bertz CT molecular complexity index is 1060. The Labute approximate surface area is 148 Å². The van der Waals surface area contributed by atoms with Crippen LogP contribution in [0.3, 0.4) is 0 Å². The van der Waals surface area contributed by atoms with Gasteiger partial charge in [-0.2, -0.15) is 5.10 Å². The molecule has 7 heteroatoms. The number of carbonyl (C=O) groups excluding carboxylic acids is 1. The van der Waals surface area contributed by atoms with Crippen LogP contribution in [-0.2, 0) is 17.9 Å². The lowest BCUT2D eigenvalue weighted by Gasteiger charge is -2.10. The summed E-state index contributed by atoms with van der Waals surface area (Å²) in [7, 11) is 0. The van der Waals surface area contributed by atoms with Gasteiger partial charge in [-0.3, -0.25) is 9.59 Å². The molecule has 0 aliphatic heterocycles. The number of benzene rings is 2. The second-order valence-corrected chi connectivity index (χ2v) is 5.87. The average Bonchev–Trinajstić information content (AvgIpc) is 2.63. The van der Waals surface area contributed by atoms with Crippen molar-refractivity contribution in [3.8, 4) is 0 Å². The van der Waals surface area contributed by atoms with Gasteiger partial charge in [0.15, 0.2) is 5.69 Å². The lowest BCUT2D eigenvalue weighted by molar-refractivity contribution is -0.122. The number of carboxylic acids is 1. The van der Waals surface area contributed by atoms with Crippen molar-refractivity contribution in [2.75, 3.05) is 0 Å². The molecule has 0 bridgehead atoms. The number of amides is 1. The van der Waals surface area contributed by atoms with E-state index in [1.165, 1.54) is 12.1 Å². The predicted molar refractivity (Wildman–Crippen MR) is 96.0 cm³/mol. The highest BCUT2D eigenvalue weighted by Crippen LogP contribution is 2.13. The number of rotatable bonds is 5.